The summed E-state index contributed by atoms with van der Waals surface area (Å²) in [6.45, 7) is 7.86. The van der Waals surface area contributed by atoms with Crippen LogP contribution in [-0.4, -0.2) is 0 Å². The van der Waals surface area contributed by atoms with Crippen molar-refractivity contribution >= 4 is 15.6 Å². The van der Waals surface area contributed by atoms with Crippen LogP contribution in [0, 0.1) is 11.8 Å². The topological polar surface area (TPSA) is 89.5 Å². The summed E-state index contributed by atoms with van der Waals surface area (Å²) in [6, 6.07) is 2.84. The number of fused-ring (bicyclic) bond motifs is 2. The van der Waals surface area contributed by atoms with Crippen molar-refractivity contribution in [1.29, 1.82) is 0 Å². The third-order valence-electron chi connectivity index (χ3n) is 6.43. The molecule has 1 aromatic carbocycles. The molecule has 0 spiro atoms. The molecule has 2 heterocycles. The van der Waals surface area contributed by atoms with Gasteiger partial charge in [-0.2, -0.15) is 9.13 Å². The van der Waals surface area contributed by atoms with Crippen molar-refractivity contribution in [2.45, 2.75) is 64.2 Å². The number of allylic oxidation sites excluding steroid dienone is 2. The van der Waals surface area contributed by atoms with Crippen molar-refractivity contribution < 1.29 is 36.3 Å². The second-order valence-electron chi connectivity index (χ2n) is 8.79. The molecule has 2 saturated carbocycles. The lowest BCUT2D eigenvalue weighted by Crippen LogP contribution is -2.11. The molecule has 174 valence electrons. The van der Waals surface area contributed by atoms with E-state index in [2.05, 4.69) is 13.2 Å². The van der Waals surface area contributed by atoms with Crippen molar-refractivity contribution in [1.82, 2.24) is 0 Å². The number of phosphoric acid groups is 2. The lowest BCUT2D eigenvalue weighted by atomic mass is 9.88. The number of benzene rings is 1. The Morgan fingerprint density at radius 2 is 0.969 bits per heavy atom. The van der Waals surface area contributed by atoms with E-state index in [1.807, 2.05) is 0 Å². The smallest absolute Gasteiger partial charge is 0.391 e. The Bertz CT molecular complexity index is 903. The molecule has 0 atom stereocenters. The van der Waals surface area contributed by atoms with Gasteiger partial charge < -0.3 is 27.1 Å². The molecule has 32 heavy (non-hydrogen) atoms. The van der Waals surface area contributed by atoms with Crippen LogP contribution in [0.15, 0.2) is 36.8 Å². The Balaban J connectivity index is 1.24. The van der Waals surface area contributed by atoms with Crippen LogP contribution in [0.25, 0.3) is 0 Å². The Labute approximate surface area is 188 Å². The van der Waals surface area contributed by atoms with Gasteiger partial charge in [0.15, 0.2) is 23.0 Å². The number of phosphoric ester groups is 2. The van der Waals surface area contributed by atoms with Crippen LogP contribution in [0.5, 0.6) is 23.0 Å². The molecule has 0 radical (unpaired) electrons. The standard InChI is InChI=1S/C22H28O8P2/c1-15(17-9-5-3-6-10-17)25-31(23)27-19-13-21-22(14-20(19)28-31)30-32(24,29-21)26-16(2)18-11-7-4-8-12-18/h13-14,17-18H,1-12H2. The molecule has 8 nitrogen and oxygen atoms in total. The summed E-state index contributed by atoms with van der Waals surface area (Å²) < 4.78 is 59.1. The maximum Gasteiger partial charge on any atom is 0.647 e. The fourth-order valence-corrected chi connectivity index (χ4v) is 7.32. The molecule has 2 fully saturated rings. The average molecular weight is 482 g/mol. The minimum absolute atomic E-state index is 0.141. The van der Waals surface area contributed by atoms with Crippen molar-refractivity contribution in [3.05, 3.63) is 36.8 Å². The van der Waals surface area contributed by atoms with E-state index in [0.29, 0.717) is 11.5 Å². The molecule has 0 aromatic heterocycles. The summed E-state index contributed by atoms with van der Waals surface area (Å²) in [7, 11) is -7.80. The quantitative estimate of drug-likeness (QED) is 0.301. The summed E-state index contributed by atoms with van der Waals surface area (Å²) in [5, 5.41) is 0. The van der Waals surface area contributed by atoms with Crippen LogP contribution in [-0.2, 0) is 18.2 Å². The van der Waals surface area contributed by atoms with Gasteiger partial charge in [-0.1, -0.05) is 51.7 Å². The molecule has 0 saturated heterocycles. The Morgan fingerprint density at radius 3 is 1.28 bits per heavy atom. The van der Waals surface area contributed by atoms with Gasteiger partial charge in [0.1, 0.15) is 11.5 Å². The number of hydrogen-bond donors (Lipinski definition) is 0. The predicted octanol–water partition coefficient (Wildman–Crippen LogP) is 7.67. The summed E-state index contributed by atoms with van der Waals surface area (Å²) in [6.07, 6.45) is 10.5. The van der Waals surface area contributed by atoms with E-state index in [1.165, 1.54) is 25.0 Å². The third-order valence-corrected chi connectivity index (χ3v) is 9.03. The lowest BCUT2D eigenvalue weighted by Gasteiger charge is -2.24. The highest BCUT2D eigenvalue weighted by molar-refractivity contribution is 7.50. The summed E-state index contributed by atoms with van der Waals surface area (Å²) >= 11 is 0. The van der Waals surface area contributed by atoms with Crippen molar-refractivity contribution in [2.24, 2.45) is 11.8 Å². The fourth-order valence-electron chi connectivity index (χ4n) is 4.69. The normalized spacial score (nSPS) is 23.5. The molecule has 0 unspecified atom stereocenters. The van der Waals surface area contributed by atoms with Gasteiger partial charge in [-0.25, -0.2) is 0 Å². The second-order valence-corrected chi connectivity index (χ2v) is 11.7. The molecule has 1 aromatic rings. The van der Waals surface area contributed by atoms with Gasteiger partial charge in [0.2, 0.25) is 0 Å². The van der Waals surface area contributed by atoms with Crippen LogP contribution >= 0.6 is 15.6 Å². The van der Waals surface area contributed by atoms with Gasteiger partial charge in [-0.3, -0.25) is 0 Å². The van der Waals surface area contributed by atoms with Crippen molar-refractivity contribution in [3.63, 3.8) is 0 Å². The van der Waals surface area contributed by atoms with Gasteiger partial charge in [-0.15, -0.1) is 0 Å². The molecule has 0 N–H and O–H groups in total. The van der Waals surface area contributed by atoms with Crippen LogP contribution < -0.4 is 18.1 Å². The molecule has 2 aliphatic carbocycles. The second kappa shape index (κ2) is 8.39. The first-order valence-corrected chi connectivity index (χ1v) is 14.2. The summed E-state index contributed by atoms with van der Waals surface area (Å²) in [5.41, 5.74) is 0. The van der Waals surface area contributed by atoms with Crippen LogP contribution in [0.2, 0.25) is 0 Å². The van der Waals surface area contributed by atoms with Crippen LogP contribution in [0.4, 0.5) is 0 Å². The Morgan fingerprint density at radius 1 is 0.656 bits per heavy atom. The van der Waals surface area contributed by atoms with E-state index in [-0.39, 0.29) is 34.8 Å². The third kappa shape index (κ3) is 4.40. The zero-order valence-electron chi connectivity index (χ0n) is 18.0. The number of hydrogen-bond acceptors (Lipinski definition) is 8. The molecule has 0 bridgehead atoms. The molecule has 2 aliphatic heterocycles. The van der Waals surface area contributed by atoms with Gasteiger partial charge in [-0.05, 0) is 25.7 Å². The highest BCUT2D eigenvalue weighted by Gasteiger charge is 2.47. The highest BCUT2D eigenvalue weighted by Crippen LogP contribution is 2.67. The zero-order chi connectivity index (χ0) is 22.3. The van der Waals surface area contributed by atoms with Gasteiger partial charge in [0.05, 0.1) is 0 Å². The van der Waals surface area contributed by atoms with Crippen LogP contribution in [0.1, 0.15) is 64.2 Å². The van der Waals surface area contributed by atoms with Gasteiger partial charge >= 0.3 is 15.6 Å². The van der Waals surface area contributed by atoms with Crippen molar-refractivity contribution in [2.75, 3.05) is 0 Å². The molecule has 5 rings (SSSR count). The molecular formula is C22H28O8P2. The maximum atomic E-state index is 13.0. The predicted molar refractivity (Wildman–Crippen MR) is 118 cm³/mol. The van der Waals surface area contributed by atoms with Crippen molar-refractivity contribution in [3.8, 4) is 23.0 Å². The largest absolute Gasteiger partial charge is 0.647 e. The van der Waals surface area contributed by atoms with E-state index in [4.69, 9.17) is 27.1 Å². The van der Waals surface area contributed by atoms with Gasteiger partial charge in [0, 0.05) is 24.0 Å². The minimum atomic E-state index is -3.90. The van der Waals surface area contributed by atoms with E-state index in [1.54, 1.807) is 0 Å². The molecule has 0 amide bonds. The number of rotatable bonds is 6. The van der Waals surface area contributed by atoms with E-state index >= 15 is 0 Å². The zero-order valence-corrected chi connectivity index (χ0v) is 19.7. The lowest BCUT2D eigenvalue weighted by molar-refractivity contribution is 0.233. The first-order chi connectivity index (χ1) is 15.3. The van der Waals surface area contributed by atoms with Gasteiger partial charge in [0.25, 0.3) is 0 Å². The fraction of sp³-hybridized carbons (Fsp3) is 0.545. The Hall–Kier alpha value is -2.04. The monoisotopic (exact) mass is 482 g/mol. The average Bonchev–Trinajstić information content (AvgIpc) is 3.26. The minimum Gasteiger partial charge on any atom is -0.391 e. The molecular weight excluding hydrogens is 454 g/mol. The van der Waals surface area contributed by atoms with E-state index in [0.717, 1.165) is 51.4 Å². The first kappa shape index (κ1) is 21.8. The van der Waals surface area contributed by atoms with Crippen LogP contribution in [0.3, 0.4) is 0 Å². The van der Waals surface area contributed by atoms with E-state index in [9.17, 15) is 9.13 Å². The first-order valence-electron chi connectivity index (χ1n) is 11.3. The summed E-state index contributed by atoms with van der Waals surface area (Å²) in [5.74, 6) is 1.75. The summed E-state index contributed by atoms with van der Waals surface area (Å²) in [4.78, 5) is 0. The SMILES string of the molecule is C=C(OP1(=O)Oc2cc3c(cc2O1)OP(=O)(OC(=C)C1CCCCC1)O3)C1CCCCC1. The van der Waals surface area contributed by atoms with E-state index < -0.39 is 15.6 Å². The maximum absolute atomic E-state index is 13.0. The molecule has 4 aliphatic rings. The molecule has 10 heteroatoms. The highest BCUT2D eigenvalue weighted by atomic mass is 31.2. The Kier molecular flexibility index (Phi) is 5.71.